The Morgan fingerprint density at radius 2 is 1.60 bits per heavy atom. The van der Waals surface area contributed by atoms with Gasteiger partial charge in [0, 0.05) is 37.8 Å². The van der Waals surface area contributed by atoms with Crippen LogP contribution in [0.2, 0.25) is 0 Å². The van der Waals surface area contributed by atoms with Crippen molar-refractivity contribution >= 4 is 21.6 Å². The van der Waals surface area contributed by atoms with Gasteiger partial charge in [0.2, 0.25) is 15.9 Å². The number of nitrogen functional groups attached to an aromatic ring is 1. The number of aryl methyl sites for hydroxylation is 2. The maximum absolute atomic E-state index is 13.4. The number of anilines is 1. The SMILES string of the molecule is Cc1cc(C)cc(Oc2ccc(N)cc2S(=O)(=O)N2CCN(C(=O)C(C)C)CC2)c1. The Balaban J connectivity index is 1.87. The molecule has 2 aromatic carbocycles. The molecule has 0 unspecified atom stereocenters. The van der Waals surface area contributed by atoms with Crippen molar-refractivity contribution in [2.45, 2.75) is 32.6 Å². The number of sulfonamides is 1. The van der Waals surface area contributed by atoms with Crippen LogP contribution in [0.4, 0.5) is 5.69 Å². The summed E-state index contributed by atoms with van der Waals surface area (Å²) >= 11 is 0. The molecule has 0 radical (unpaired) electrons. The zero-order valence-electron chi connectivity index (χ0n) is 17.9. The summed E-state index contributed by atoms with van der Waals surface area (Å²) < 4.78 is 34.1. The topological polar surface area (TPSA) is 92.9 Å². The van der Waals surface area contributed by atoms with Crippen LogP contribution in [-0.2, 0) is 14.8 Å². The Labute approximate surface area is 178 Å². The van der Waals surface area contributed by atoms with Crippen LogP contribution in [0.1, 0.15) is 25.0 Å². The van der Waals surface area contributed by atoms with E-state index in [1.807, 2.05) is 45.9 Å². The molecule has 0 spiro atoms. The average molecular weight is 432 g/mol. The van der Waals surface area contributed by atoms with E-state index in [1.54, 1.807) is 17.0 Å². The van der Waals surface area contributed by atoms with Gasteiger partial charge in [-0.1, -0.05) is 19.9 Å². The standard InChI is InChI=1S/C22H29N3O4S/c1-15(2)22(26)24-7-9-25(10-8-24)30(27,28)21-14-18(23)5-6-20(21)29-19-12-16(3)11-17(4)13-19/h5-6,11-15H,7-10,23H2,1-4H3. The second-order valence-electron chi connectivity index (χ2n) is 8.02. The molecule has 8 heteroatoms. The molecule has 1 fully saturated rings. The van der Waals surface area contributed by atoms with Crippen LogP contribution in [0.3, 0.4) is 0 Å². The maximum Gasteiger partial charge on any atom is 0.246 e. The molecule has 0 aliphatic carbocycles. The highest BCUT2D eigenvalue weighted by molar-refractivity contribution is 7.89. The normalized spacial score (nSPS) is 15.4. The van der Waals surface area contributed by atoms with E-state index in [1.165, 1.54) is 10.4 Å². The summed E-state index contributed by atoms with van der Waals surface area (Å²) in [6.45, 7) is 8.80. The largest absolute Gasteiger partial charge is 0.456 e. The summed E-state index contributed by atoms with van der Waals surface area (Å²) in [6.07, 6.45) is 0. The summed E-state index contributed by atoms with van der Waals surface area (Å²) in [6, 6.07) is 10.4. The Hall–Kier alpha value is -2.58. The lowest BCUT2D eigenvalue weighted by Crippen LogP contribution is -2.51. The van der Waals surface area contributed by atoms with Crippen molar-refractivity contribution in [3.05, 3.63) is 47.5 Å². The Morgan fingerprint density at radius 3 is 2.17 bits per heavy atom. The summed E-state index contributed by atoms with van der Waals surface area (Å²) in [5.41, 5.74) is 8.29. The molecule has 0 aromatic heterocycles. The van der Waals surface area contributed by atoms with E-state index in [4.69, 9.17) is 10.5 Å². The van der Waals surface area contributed by atoms with Crippen LogP contribution in [0, 0.1) is 19.8 Å². The molecule has 0 atom stereocenters. The van der Waals surface area contributed by atoms with Crippen molar-refractivity contribution in [1.82, 2.24) is 9.21 Å². The van der Waals surface area contributed by atoms with E-state index in [2.05, 4.69) is 0 Å². The van der Waals surface area contributed by atoms with Crippen molar-refractivity contribution in [2.24, 2.45) is 5.92 Å². The molecule has 162 valence electrons. The predicted octanol–water partition coefficient (Wildman–Crippen LogP) is 3.17. The number of rotatable bonds is 5. The minimum Gasteiger partial charge on any atom is -0.456 e. The zero-order chi connectivity index (χ0) is 22.1. The monoisotopic (exact) mass is 431 g/mol. The predicted molar refractivity (Wildman–Crippen MR) is 117 cm³/mol. The third-order valence-corrected chi connectivity index (χ3v) is 6.97. The second kappa shape index (κ2) is 8.65. The van der Waals surface area contributed by atoms with Gasteiger partial charge in [-0.05, 0) is 55.3 Å². The van der Waals surface area contributed by atoms with E-state index in [9.17, 15) is 13.2 Å². The van der Waals surface area contributed by atoms with Crippen molar-refractivity contribution < 1.29 is 17.9 Å². The number of piperazine rings is 1. The van der Waals surface area contributed by atoms with Gasteiger partial charge in [0.25, 0.3) is 0 Å². The molecular formula is C22H29N3O4S. The van der Waals surface area contributed by atoms with Gasteiger partial charge in [-0.25, -0.2) is 8.42 Å². The van der Waals surface area contributed by atoms with Crippen LogP contribution in [0.5, 0.6) is 11.5 Å². The quantitative estimate of drug-likeness (QED) is 0.734. The third kappa shape index (κ3) is 4.76. The molecule has 1 amide bonds. The molecule has 0 bridgehead atoms. The van der Waals surface area contributed by atoms with E-state index in [-0.39, 0.29) is 35.6 Å². The Kier molecular flexibility index (Phi) is 6.38. The molecule has 1 aliphatic rings. The van der Waals surface area contributed by atoms with E-state index in [0.29, 0.717) is 24.5 Å². The van der Waals surface area contributed by atoms with Gasteiger partial charge < -0.3 is 15.4 Å². The number of amides is 1. The third-order valence-electron chi connectivity index (χ3n) is 5.05. The van der Waals surface area contributed by atoms with Gasteiger partial charge >= 0.3 is 0 Å². The zero-order valence-corrected chi connectivity index (χ0v) is 18.7. The van der Waals surface area contributed by atoms with E-state index >= 15 is 0 Å². The van der Waals surface area contributed by atoms with Gasteiger partial charge in [0.05, 0.1) is 0 Å². The van der Waals surface area contributed by atoms with Crippen LogP contribution < -0.4 is 10.5 Å². The first kappa shape index (κ1) is 22.1. The van der Waals surface area contributed by atoms with Crippen LogP contribution in [0.15, 0.2) is 41.3 Å². The Morgan fingerprint density at radius 1 is 1.00 bits per heavy atom. The minimum atomic E-state index is -3.83. The first-order valence-electron chi connectivity index (χ1n) is 10.0. The molecule has 30 heavy (non-hydrogen) atoms. The van der Waals surface area contributed by atoms with Gasteiger partial charge in [0.15, 0.2) is 0 Å². The number of benzene rings is 2. The summed E-state index contributed by atoms with van der Waals surface area (Å²) in [5.74, 6) is 0.727. The molecule has 2 N–H and O–H groups in total. The number of nitrogens with zero attached hydrogens (tertiary/aromatic N) is 2. The van der Waals surface area contributed by atoms with Crippen molar-refractivity contribution in [1.29, 1.82) is 0 Å². The number of ether oxygens (including phenoxy) is 1. The number of carbonyl (C=O) groups is 1. The highest BCUT2D eigenvalue weighted by Crippen LogP contribution is 2.33. The molecule has 2 aromatic rings. The summed E-state index contributed by atoms with van der Waals surface area (Å²) in [4.78, 5) is 13.9. The molecule has 0 saturated carbocycles. The molecule has 1 saturated heterocycles. The minimum absolute atomic E-state index is 0.0327. The van der Waals surface area contributed by atoms with E-state index in [0.717, 1.165) is 11.1 Å². The van der Waals surface area contributed by atoms with Crippen LogP contribution in [-0.4, -0.2) is 49.7 Å². The fourth-order valence-electron chi connectivity index (χ4n) is 3.58. The van der Waals surface area contributed by atoms with Crippen molar-refractivity contribution in [3.8, 4) is 11.5 Å². The van der Waals surface area contributed by atoms with E-state index < -0.39 is 10.0 Å². The molecule has 7 nitrogen and oxygen atoms in total. The average Bonchev–Trinajstić information content (AvgIpc) is 2.68. The Bertz CT molecular complexity index is 1020. The lowest BCUT2D eigenvalue weighted by molar-refractivity contribution is -0.135. The van der Waals surface area contributed by atoms with Gasteiger partial charge in [-0.15, -0.1) is 0 Å². The molecule has 3 rings (SSSR count). The first-order valence-corrected chi connectivity index (χ1v) is 11.5. The van der Waals surface area contributed by atoms with Gasteiger partial charge in [-0.2, -0.15) is 4.31 Å². The van der Waals surface area contributed by atoms with Crippen LogP contribution in [0.25, 0.3) is 0 Å². The number of carbonyl (C=O) groups excluding carboxylic acids is 1. The second-order valence-corrected chi connectivity index (χ2v) is 9.92. The number of hydrogen-bond acceptors (Lipinski definition) is 5. The van der Waals surface area contributed by atoms with Gasteiger partial charge in [0.1, 0.15) is 16.4 Å². The first-order chi connectivity index (χ1) is 14.1. The summed E-state index contributed by atoms with van der Waals surface area (Å²) in [7, 11) is -3.83. The smallest absolute Gasteiger partial charge is 0.246 e. The lowest BCUT2D eigenvalue weighted by Gasteiger charge is -2.35. The highest BCUT2D eigenvalue weighted by Gasteiger charge is 2.33. The molecule has 1 heterocycles. The molecule has 1 aliphatic heterocycles. The van der Waals surface area contributed by atoms with Gasteiger partial charge in [-0.3, -0.25) is 4.79 Å². The molecular weight excluding hydrogens is 402 g/mol. The van der Waals surface area contributed by atoms with Crippen LogP contribution >= 0.6 is 0 Å². The maximum atomic E-state index is 13.4. The van der Waals surface area contributed by atoms with Crippen molar-refractivity contribution in [2.75, 3.05) is 31.9 Å². The summed E-state index contributed by atoms with van der Waals surface area (Å²) in [5, 5.41) is 0. The highest BCUT2D eigenvalue weighted by atomic mass is 32.2. The lowest BCUT2D eigenvalue weighted by atomic mass is 10.1. The fraction of sp³-hybridized carbons (Fsp3) is 0.409. The number of nitrogens with two attached hydrogens (primary N) is 1. The number of hydrogen-bond donors (Lipinski definition) is 1. The van der Waals surface area contributed by atoms with Crippen molar-refractivity contribution in [3.63, 3.8) is 0 Å². The fourth-order valence-corrected chi connectivity index (χ4v) is 5.15.